The van der Waals surface area contributed by atoms with E-state index in [0.717, 1.165) is 19.5 Å². The quantitative estimate of drug-likeness (QED) is 0.683. The van der Waals surface area contributed by atoms with Crippen LogP contribution in [-0.2, 0) is 11.2 Å². The van der Waals surface area contributed by atoms with Crippen LogP contribution in [0.4, 0.5) is 0 Å². The highest BCUT2D eigenvalue weighted by Gasteiger charge is 2.33. The van der Waals surface area contributed by atoms with Gasteiger partial charge in [0.25, 0.3) is 0 Å². The van der Waals surface area contributed by atoms with Gasteiger partial charge in [0.05, 0.1) is 12.6 Å². The zero-order valence-corrected chi connectivity index (χ0v) is 8.64. The average molecular weight is 208 g/mol. The number of carbonyl (C=O) groups excluding carboxylic acids is 1. The van der Waals surface area contributed by atoms with Crippen LogP contribution in [0.5, 0.6) is 0 Å². The van der Waals surface area contributed by atoms with Crippen LogP contribution in [0.15, 0.2) is 11.4 Å². The summed E-state index contributed by atoms with van der Waals surface area (Å²) in [7, 11) is 0. The summed E-state index contributed by atoms with van der Waals surface area (Å²) in [5, 5.41) is 5.31. The number of piperazine rings is 1. The molecule has 1 unspecified atom stereocenters. The number of hydrogen-bond donors (Lipinski definition) is 1. The highest BCUT2D eigenvalue weighted by molar-refractivity contribution is 7.10. The lowest BCUT2D eigenvalue weighted by Crippen LogP contribution is -2.52. The molecule has 1 fully saturated rings. The van der Waals surface area contributed by atoms with Crippen LogP contribution in [0, 0.1) is 0 Å². The summed E-state index contributed by atoms with van der Waals surface area (Å²) in [6.07, 6.45) is 1.04. The second-order valence-electron chi connectivity index (χ2n) is 3.78. The first-order valence-corrected chi connectivity index (χ1v) is 5.80. The van der Waals surface area contributed by atoms with Crippen LogP contribution in [0.2, 0.25) is 0 Å². The lowest BCUT2D eigenvalue weighted by Gasteiger charge is -2.39. The van der Waals surface area contributed by atoms with Crippen LogP contribution >= 0.6 is 11.3 Å². The number of nitrogens with one attached hydrogen (secondary N) is 1. The second-order valence-corrected chi connectivity index (χ2v) is 4.78. The molecule has 0 spiro atoms. The van der Waals surface area contributed by atoms with E-state index in [9.17, 15) is 4.79 Å². The van der Waals surface area contributed by atoms with Crippen molar-refractivity contribution in [3.8, 4) is 0 Å². The SMILES string of the molecule is O=C1CNCC2c3ccsc3CCN12. The number of rotatable bonds is 0. The number of nitrogens with zero attached hydrogens (tertiary/aromatic N) is 1. The lowest BCUT2D eigenvalue weighted by molar-refractivity contribution is -0.135. The van der Waals surface area contributed by atoms with Crippen LogP contribution in [0.1, 0.15) is 16.5 Å². The predicted molar refractivity (Wildman–Crippen MR) is 55.3 cm³/mol. The first-order valence-electron chi connectivity index (χ1n) is 4.93. The fourth-order valence-corrected chi connectivity index (χ4v) is 3.26. The molecule has 0 bridgehead atoms. The Morgan fingerprint density at radius 3 is 3.43 bits per heavy atom. The fraction of sp³-hybridized carbons (Fsp3) is 0.500. The number of thiophene rings is 1. The molecule has 0 saturated carbocycles. The maximum Gasteiger partial charge on any atom is 0.237 e. The molecule has 0 aliphatic carbocycles. The zero-order valence-electron chi connectivity index (χ0n) is 7.82. The summed E-state index contributed by atoms with van der Waals surface area (Å²) in [5.41, 5.74) is 1.36. The second kappa shape index (κ2) is 3.07. The Balaban J connectivity index is 2.00. The van der Waals surface area contributed by atoms with E-state index in [1.807, 2.05) is 16.2 Å². The van der Waals surface area contributed by atoms with E-state index >= 15 is 0 Å². The van der Waals surface area contributed by atoms with Gasteiger partial charge in [0.2, 0.25) is 5.91 Å². The van der Waals surface area contributed by atoms with E-state index < -0.39 is 0 Å². The minimum atomic E-state index is 0.248. The monoisotopic (exact) mass is 208 g/mol. The van der Waals surface area contributed by atoms with Gasteiger partial charge in [-0.25, -0.2) is 0 Å². The van der Waals surface area contributed by atoms with Crippen molar-refractivity contribution in [2.75, 3.05) is 19.6 Å². The zero-order chi connectivity index (χ0) is 9.54. The molecule has 3 heterocycles. The van der Waals surface area contributed by atoms with E-state index in [1.165, 1.54) is 10.4 Å². The smallest absolute Gasteiger partial charge is 0.237 e. The van der Waals surface area contributed by atoms with Crippen LogP contribution in [0.3, 0.4) is 0 Å². The van der Waals surface area contributed by atoms with Gasteiger partial charge in [-0.1, -0.05) is 0 Å². The first kappa shape index (κ1) is 8.44. The molecule has 1 aromatic heterocycles. The molecule has 1 atom stereocenters. The molecule has 14 heavy (non-hydrogen) atoms. The van der Waals surface area contributed by atoms with E-state index in [0.29, 0.717) is 12.6 Å². The normalized spacial score (nSPS) is 25.9. The molecule has 3 nitrogen and oxygen atoms in total. The Morgan fingerprint density at radius 2 is 2.50 bits per heavy atom. The van der Waals surface area contributed by atoms with Crippen molar-refractivity contribution >= 4 is 17.2 Å². The first-order chi connectivity index (χ1) is 6.86. The standard InChI is InChI=1S/C10H12N2OS/c13-10-6-11-5-8-7-2-4-14-9(7)1-3-12(8)10/h2,4,8,11H,1,3,5-6H2. The van der Waals surface area contributed by atoms with Crippen LogP contribution in [-0.4, -0.2) is 30.4 Å². The van der Waals surface area contributed by atoms with E-state index in [1.54, 1.807) is 0 Å². The molecule has 1 amide bonds. The van der Waals surface area contributed by atoms with Crippen molar-refractivity contribution in [3.05, 3.63) is 21.9 Å². The van der Waals surface area contributed by atoms with Crippen molar-refractivity contribution in [2.45, 2.75) is 12.5 Å². The molecule has 0 aromatic carbocycles. The molecule has 0 radical (unpaired) electrons. The van der Waals surface area contributed by atoms with E-state index in [-0.39, 0.29) is 5.91 Å². The summed E-state index contributed by atoms with van der Waals surface area (Å²) in [4.78, 5) is 15.1. The van der Waals surface area contributed by atoms with Crippen molar-refractivity contribution in [1.29, 1.82) is 0 Å². The van der Waals surface area contributed by atoms with Crippen molar-refractivity contribution in [3.63, 3.8) is 0 Å². The van der Waals surface area contributed by atoms with Gasteiger partial charge in [0, 0.05) is 18.0 Å². The third-order valence-corrected chi connectivity index (χ3v) is 4.03. The van der Waals surface area contributed by atoms with Gasteiger partial charge in [-0.05, 0) is 23.4 Å². The Morgan fingerprint density at radius 1 is 1.57 bits per heavy atom. The third-order valence-electron chi connectivity index (χ3n) is 3.03. The van der Waals surface area contributed by atoms with Crippen molar-refractivity contribution < 1.29 is 4.79 Å². The third kappa shape index (κ3) is 1.11. The molecular weight excluding hydrogens is 196 g/mol. The molecule has 3 rings (SSSR count). The van der Waals surface area contributed by atoms with Gasteiger partial charge >= 0.3 is 0 Å². The topological polar surface area (TPSA) is 32.3 Å². The van der Waals surface area contributed by atoms with Crippen LogP contribution in [0.25, 0.3) is 0 Å². The molecule has 1 aromatic rings. The molecule has 1 N–H and O–H groups in total. The molecule has 2 aliphatic rings. The number of carbonyl (C=O) groups is 1. The minimum Gasteiger partial charge on any atom is -0.333 e. The predicted octanol–water partition coefficient (Wildman–Crippen LogP) is 0.777. The Labute approximate surface area is 86.7 Å². The van der Waals surface area contributed by atoms with E-state index in [4.69, 9.17) is 0 Å². The van der Waals surface area contributed by atoms with E-state index in [2.05, 4.69) is 16.8 Å². The summed E-state index contributed by atoms with van der Waals surface area (Å²) in [6, 6.07) is 2.46. The molecule has 2 aliphatic heterocycles. The Hall–Kier alpha value is -0.870. The number of hydrogen-bond acceptors (Lipinski definition) is 3. The summed E-state index contributed by atoms with van der Waals surface area (Å²) >= 11 is 1.82. The number of amides is 1. The summed E-state index contributed by atoms with van der Waals surface area (Å²) < 4.78 is 0. The Bertz CT molecular complexity index is 374. The van der Waals surface area contributed by atoms with Gasteiger partial charge in [-0.15, -0.1) is 11.3 Å². The van der Waals surface area contributed by atoms with Gasteiger partial charge in [0.1, 0.15) is 0 Å². The summed E-state index contributed by atoms with van der Waals surface area (Å²) in [5.74, 6) is 0.248. The van der Waals surface area contributed by atoms with Gasteiger partial charge in [-0.3, -0.25) is 4.79 Å². The minimum absolute atomic E-state index is 0.248. The average Bonchev–Trinajstić information content (AvgIpc) is 2.66. The maximum absolute atomic E-state index is 11.6. The molecule has 74 valence electrons. The largest absolute Gasteiger partial charge is 0.333 e. The van der Waals surface area contributed by atoms with Crippen molar-refractivity contribution in [1.82, 2.24) is 10.2 Å². The highest BCUT2D eigenvalue weighted by atomic mass is 32.1. The van der Waals surface area contributed by atoms with Gasteiger partial charge in [-0.2, -0.15) is 0 Å². The molecular formula is C10H12N2OS. The Kier molecular flexibility index (Phi) is 1.85. The van der Waals surface area contributed by atoms with Crippen LogP contribution < -0.4 is 5.32 Å². The van der Waals surface area contributed by atoms with Gasteiger partial charge in [0.15, 0.2) is 0 Å². The summed E-state index contributed by atoms with van der Waals surface area (Å²) in [6.45, 7) is 2.32. The molecule has 4 heteroatoms. The fourth-order valence-electron chi connectivity index (χ4n) is 2.33. The van der Waals surface area contributed by atoms with Gasteiger partial charge < -0.3 is 10.2 Å². The van der Waals surface area contributed by atoms with Crippen molar-refractivity contribution in [2.24, 2.45) is 0 Å². The number of fused-ring (bicyclic) bond motifs is 3. The molecule has 1 saturated heterocycles. The lowest BCUT2D eigenvalue weighted by atomic mass is 9.98. The maximum atomic E-state index is 11.6. The highest BCUT2D eigenvalue weighted by Crippen LogP contribution is 2.33.